The van der Waals surface area contributed by atoms with Crippen LogP contribution in [0.2, 0.25) is 0 Å². The number of carbonyl (C=O) groups is 1. The van der Waals surface area contributed by atoms with E-state index < -0.39 is 0 Å². The third kappa shape index (κ3) is 2.85. The first kappa shape index (κ1) is 12.1. The zero-order valence-electron chi connectivity index (χ0n) is 10.6. The number of ketones is 1. The highest BCUT2D eigenvalue weighted by Crippen LogP contribution is 2.30. The van der Waals surface area contributed by atoms with Crippen molar-refractivity contribution in [3.8, 4) is 0 Å². The molecule has 0 aromatic carbocycles. The second kappa shape index (κ2) is 5.31. The fourth-order valence-electron chi connectivity index (χ4n) is 3.17. The van der Waals surface area contributed by atoms with Gasteiger partial charge in [0.2, 0.25) is 0 Å². The largest absolute Gasteiger partial charge is 0.305 e. The normalized spacial score (nSPS) is 32.6. The van der Waals surface area contributed by atoms with Crippen molar-refractivity contribution in [2.75, 3.05) is 6.54 Å². The van der Waals surface area contributed by atoms with E-state index in [-0.39, 0.29) is 5.54 Å². The molecule has 0 amide bonds. The fourth-order valence-corrected chi connectivity index (χ4v) is 3.17. The highest BCUT2D eigenvalue weighted by Gasteiger charge is 2.34. The van der Waals surface area contributed by atoms with E-state index in [1.54, 1.807) is 0 Å². The van der Waals surface area contributed by atoms with Gasteiger partial charge < -0.3 is 5.32 Å². The molecule has 1 aliphatic heterocycles. The minimum atomic E-state index is -0.199. The lowest BCUT2D eigenvalue weighted by molar-refractivity contribution is -0.126. The van der Waals surface area contributed by atoms with E-state index in [1.807, 2.05) is 0 Å². The molecule has 0 aromatic heterocycles. The number of carbonyl (C=O) groups excluding carboxylic acids is 1. The van der Waals surface area contributed by atoms with Crippen molar-refractivity contribution in [2.45, 2.75) is 70.3 Å². The molecule has 92 valence electrons. The lowest BCUT2D eigenvalue weighted by atomic mass is 9.79. The first-order chi connectivity index (χ1) is 7.71. The Balaban J connectivity index is 1.85. The van der Waals surface area contributed by atoms with E-state index in [9.17, 15) is 4.79 Å². The summed E-state index contributed by atoms with van der Waals surface area (Å²) in [7, 11) is 0. The van der Waals surface area contributed by atoms with Crippen molar-refractivity contribution >= 4 is 5.78 Å². The second-order valence-corrected chi connectivity index (χ2v) is 5.85. The Morgan fingerprint density at radius 2 is 1.94 bits per heavy atom. The Labute approximate surface area is 99.2 Å². The lowest BCUT2D eigenvalue weighted by Gasteiger charge is -2.35. The summed E-state index contributed by atoms with van der Waals surface area (Å²) >= 11 is 0. The van der Waals surface area contributed by atoms with Crippen molar-refractivity contribution in [2.24, 2.45) is 5.92 Å². The van der Waals surface area contributed by atoms with Gasteiger partial charge in [0.25, 0.3) is 0 Å². The number of piperidine rings is 1. The van der Waals surface area contributed by atoms with Crippen molar-refractivity contribution in [3.63, 3.8) is 0 Å². The molecule has 0 radical (unpaired) electrons. The number of nitrogens with one attached hydrogen (secondary N) is 1. The molecule has 1 heterocycles. The average molecular weight is 223 g/mol. The van der Waals surface area contributed by atoms with Gasteiger partial charge >= 0.3 is 0 Å². The van der Waals surface area contributed by atoms with Crippen molar-refractivity contribution in [1.82, 2.24) is 5.32 Å². The SMILES string of the molecule is CC1(C(=O)CC2CCCCC2)CCCCN1. The molecule has 1 saturated carbocycles. The van der Waals surface area contributed by atoms with E-state index in [1.165, 1.54) is 44.9 Å². The van der Waals surface area contributed by atoms with Gasteiger partial charge in [-0.3, -0.25) is 4.79 Å². The van der Waals surface area contributed by atoms with Crippen LogP contribution in [0.4, 0.5) is 0 Å². The average Bonchev–Trinajstić information content (AvgIpc) is 2.31. The van der Waals surface area contributed by atoms with Gasteiger partial charge in [-0.25, -0.2) is 0 Å². The van der Waals surface area contributed by atoms with Crippen LogP contribution < -0.4 is 5.32 Å². The second-order valence-electron chi connectivity index (χ2n) is 5.85. The molecule has 1 saturated heterocycles. The zero-order valence-corrected chi connectivity index (χ0v) is 10.6. The summed E-state index contributed by atoms with van der Waals surface area (Å²) in [6, 6.07) is 0. The topological polar surface area (TPSA) is 29.1 Å². The predicted octanol–water partition coefficient (Wildman–Crippen LogP) is 3.06. The van der Waals surface area contributed by atoms with Gasteiger partial charge in [-0.1, -0.05) is 32.1 Å². The Morgan fingerprint density at radius 3 is 2.56 bits per heavy atom. The molecule has 2 aliphatic rings. The molecule has 0 spiro atoms. The molecule has 2 heteroatoms. The third-order valence-electron chi connectivity index (χ3n) is 4.43. The minimum Gasteiger partial charge on any atom is -0.305 e. The Bertz CT molecular complexity index is 237. The highest BCUT2D eigenvalue weighted by molar-refractivity contribution is 5.88. The van der Waals surface area contributed by atoms with Crippen LogP contribution in [0.5, 0.6) is 0 Å². The van der Waals surface area contributed by atoms with Crippen LogP contribution in [-0.2, 0) is 4.79 Å². The van der Waals surface area contributed by atoms with Gasteiger partial charge in [0.05, 0.1) is 5.54 Å². The van der Waals surface area contributed by atoms with Crippen LogP contribution in [0.3, 0.4) is 0 Å². The van der Waals surface area contributed by atoms with Crippen molar-refractivity contribution in [3.05, 3.63) is 0 Å². The summed E-state index contributed by atoms with van der Waals surface area (Å²) in [5.41, 5.74) is -0.199. The monoisotopic (exact) mass is 223 g/mol. The molecule has 1 atom stereocenters. The number of hydrogen-bond donors (Lipinski definition) is 1. The van der Waals surface area contributed by atoms with Crippen LogP contribution >= 0.6 is 0 Å². The number of Topliss-reactive ketones (excluding diaryl/α,β-unsaturated/α-hetero) is 1. The van der Waals surface area contributed by atoms with Crippen LogP contribution in [0, 0.1) is 5.92 Å². The first-order valence-electron chi connectivity index (χ1n) is 6.99. The maximum absolute atomic E-state index is 12.3. The van der Waals surface area contributed by atoms with Gasteiger partial charge in [0, 0.05) is 6.42 Å². The molecule has 16 heavy (non-hydrogen) atoms. The Morgan fingerprint density at radius 1 is 1.19 bits per heavy atom. The summed E-state index contributed by atoms with van der Waals surface area (Å²) in [6.07, 6.45) is 10.9. The van der Waals surface area contributed by atoms with E-state index in [2.05, 4.69) is 12.2 Å². The summed E-state index contributed by atoms with van der Waals surface area (Å²) < 4.78 is 0. The molecular weight excluding hydrogens is 198 g/mol. The molecular formula is C14H25NO. The van der Waals surface area contributed by atoms with E-state index in [0.717, 1.165) is 19.4 Å². The van der Waals surface area contributed by atoms with E-state index in [4.69, 9.17) is 0 Å². The smallest absolute Gasteiger partial charge is 0.152 e. The van der Waals surface area contributed by atoms with Gasteiger partial charge in [-0.2, -0.15) is 0 Å². The molecule has 1 N–H and O–H groups in total. The predicted molar refractivity (Wildman–Crippen MR) is 66.5 cm³/mol. The summed E-state index contributed by atoms with van der Waals surface area (Å²) in [5.74, 6) is 1.15. The molecule has 1 unspecified atom stereocenters. The molecule has 0 bridgehead atoms. The van der Waals surface area contributed by atoms with Gasteiger partial charge in [0.1, 0.15) is 0 Å². The first-order valence-corrected chi connectivity index (χ1v) is 6.99. The van der Waals surface area contributed by atoms with Crippen molar-refractivity contribution in [1.29, 1.82) is 0 Å². The number of rotatable bonds is 3. The summed E-state index contributed by atoms with van der Waals surface area (Å²) in [4.78, 5) is 12.3. The summed E-state index contributed by atoms with van der Waals surface area (Å²) in [5, 5.41) is 3.44. The molecule has 2 rings (SSSR count). The van der Waals surface area contributed by atoms with Crippen molar-refractivity contribution < 1.29 is 4.79 Å². The zero-order chi connectivity index (χ0) is 11.4. The Hall–Kier alpha value is -0.370. The number of hydrogen-bond acceptors (Lipinski definition) is 2. The fraction of sp³-hybridized carbons (Fsp3) is 0.929. The van der Waals surface area contributed by atoms with Crippen LogP contribution in [-0.4, -0.2) is 17.9 Å². The van der Waals surface area contributed by atoms with Crippen LogP contribution in [0.15, 0.2) is 0 Å². The molecule has 1 aliphatic carbocycles. The third-order valence-corrected chi connectivity index (χ3v) is 4.43. The maximum atomic E-state index is 12.3. The maximum Gasteiger partial charge on any atom is 0.152 e. The quantitative estimate of drug-likeness (QED) is 0.796. The minimum absolute atomic E-state index is 0.199. The van der Waals surface area contributed by atoms with E-state index in [0.29, 0.717) is 11.7 Å². The van der Waals surface area contributed by atoms with Gasteiger partial charge in [0.15, 0.2) is 5.78 Å². The van der Waals surface area contributed by atoms with Gasteiger partial charge in [-0.15, -0.1) is 0 Å². The van der Waals surface area contributed by atoms with Gasteiger partial charge in [-0.05, 0) is 38.6 Å². The lowest BCUT2D eigenvalue weighted by Crippen LogP contribution is -2.52. The van der Waals surface area contributed by atoms with E-state index >= 15 is 0 Å². The standard InChI is InChI=1S/C14H25NO/c1-14(9-5-6-10-15-14)13(16)11-12-7-3-2-4-8-12/h12,15H,2-11H2,1H3. The summed E-state index contributed by atoms with van der Waals surface area (Å²) in [6.45, 7) is 3.13. The van der Waals surface area contributed by atoms with Crippen LogP contribution in [0.25, 0.3) is 0 Å². The van der Waals surface area contributed by atoms with Crippen LogP contribution in [0.1, 0.15) is 64.7 Å². The molecule has 2 nitrogen and oxygen atoms in total. The molecule has 0 aromatic rings. The molecule has 2 fully saturated rings. The Kier molecular flexibility index (Phi) is 4.01. The highest BCUT2D eigenvalue weighted by atomic mass is 16.1.